The maximum Gasteiger partial charge on any atom is 0.253 e. The standard InChI is InChI=1S/C23H28N2O4S/c1-16(28-3)23(26)24-17-9-10-19-18(14-17)21(29-12-11-27-2)15-20(25-19)22-8-6-4-5-7-13-30-22/h7-10,13-16H,4-6,11-12H2,1-3H3,(H,24,26)/b13-7+,22-8-. The van der Waals surface area contributed by atoms with Gasteiger partial charge in [-0.2, -0.15) is 0 Å². The fraction of sp³-hybridized carbons (Fsp3) is 0.391. The molecule has 1 atom stereocenters. The largest absolute Gasteiger partial charge is 0.490 e. The lowest BCUT2D eigenvalue weighted by Gasteiger charge is -2.15. The van der Waals surface area contributed by atoms with E-state index in [1.807, 2.05) is 24.3 Å². The second kappa shape index (κ2) is 11.2. The minimum absolute atomic E-state index is 0.203. The Morgan fingerprint density at radius 1 is 1.23 bits per heavy atom. The van der Waals surface area contributed by atoms with Crippen LogP contribution >= 0.6 is 11.8 Å². The number of benzene rings is 1. The molecule has 0 aliphatic carbocycles. The molecule has 0 saturated heterocycles. The third-order valence-electron chi connectivity index (χ3n) is 4.75. The Morgan fingerprint density at radius 2 is 2.10 bits per heavy atom. The van der Waals surface area contributed by atoms with E-state index in [0.29, 0.717) is 18.9 Å². The van der Waals surface area contributed by atoms with Crippen LogP contribution < -0.4 is 10.1 Å². The number of ether oxygens (including phenoxy) is 3. The summed E-state index contributed by atoms with van der Waals surface area (Å²) < 4.78 is 16.2. The predicted molar refractivity (Wildman–Crippen MR) is 123 cm³/mol. The summed E-state index contributed by atoms with van der Waals surface area (Å²) in [6, 6.07) is 7.60. The molecule has 0 spiro atoms. The zero-order chi connectivity index (χ0) is 21.3. The van der Waals surface area contributed by atoms with Crippen LogP contribution in [0.3, 0.4) is 0 Å². The van der Waals surface area contributed by atoms with Gasteiger partial charge in [-0.25, -0.2) is 4.98 Å². The SMILES string of the molecule is COCCOc1cc(/C2=C/CCC/C=C/S2)nc2ccc(NC(=O)C(C)OC)cc12. The molecule has 0 fully saturated rings. The molecule has 6 nitrogen and oxygen atoms in total. The van der Waals surface area contributed by atoms with Gasteiger partial charge in [0.1, 0.15) is 18.5 Å². The van der Waals surface area contributed by atoms with Gasteiger partial charge in [-0.1, -0.05) is 23.9 Å². The summed E-state index contributed by atoms with van der Waals surface area (Å²) in [5.74, 6) is 0.515. The Bertz CT molecular complexity index is 942. The molecule has 30 heavy (non-hydrogen) atoms. The quantitative estimate of drug-likeness (QED) is 0.597. The number of fused-ring (bicyclic) bond motifs is 1. The average Bonchev–Trinajstić information content (AvgIpc) is 2.73. The first-order valence-electron chi connectivity index (χ1n) is 10.0. The Balaban J connectivity index is 1.97. The van der Waals surface area contributed by atoms with E-state index in [0.717, 1.165) is 46.5 Å². The van der Waals surface area contributed by atoms with Crippen molar-refractivity contribution < 1.29 is 19.0 Å². The second-order valence-corrected chi connectivity index (χ2v) is 7.88. The zero-order valence-electron chi connectivity index (χ0n) is 17.6. The van der Waals surface area contributed by atoms with Gasteiger partial charge < -0.3 is 19.5 Å². The van der Waals surface area contributed by atoms with Gasteiger partial charge in [0.2, 0.25) is 0 Å². The summed E-state index contributed by atoms with van der Waals surface area (Å²) in [7, 11) is 3.15. The van der Waals surface area contributed by atoms with Crippen molar-refractivity contribution in [2.75, 3.05) is 32.8 Å². The van der Waals surface area contributed by atoms with Crippen LogP contribution in [0.4, 0.5) is 5.69 Å². The van der Waals surface area contributed by atoms with Crippen LogP contribution in [0.1, 0.15) is 31.9 Å². The number of carbonyl (C=O) groups is 1. The number of aromatic nitrogens is 1. The molecule has 0 saturated carbocycles. The molecule has 2 heterocycles. The second-order valence-electron chi connectivity index (χ2n) is 6.93. The molecule has 1 amide bonds. The number of methoxy groups -OCH3 is 2. The number of carbonyl (C=O) groups excluding carboxylic acids is 1. The molecular formula is C23H28N2O4S. The summed E-state index contributed by atoms with van der Waals surface area (Å²) in [4.78, 5) is 18.2. The first kappa shape index (κ1) is 22.3. The molecule has 1 aromatic carbocycles. The molecule has 1 aromatic heterocycles. The number of hydrogen-bond donors (Lipinski definition) is 1. The maximum absolute atomic E-state index is 12.2. The van der Waals surface area contributed by atoms with Gasteiger partial charge in [0, 0.05) is 36.3 Å². The zero-order valence-corrected chi connectivity index (χ0v) is 18.5. The summed E-state index contributed by atoms with van der Waals surface area (Å²) >= 11 is 1.68. The molecule has 1 aliphatic heterocycles. The Morgan fingerprint density at radius 3 is 2.90 bits per heavy atom. The first-order valence-corrected chi connectivity index (χ1v) is 10.9. The number of allylic oxidation sites excluding steroid dienone is 2. The van der Waals surface area contributed by atoms with Crippen LogP contribution in [0.5, 0.6) is 5.75 Å². The van der Waals surface area contributed by atoms with E-state index in [9.17, 15) is 4.79 Å². The van der Waals surface area contributed by atoms with Crippen molar-refractivity contribution in [3.63, 3.8) is 0 Å². The number of hydrogen-bond acceptors (Lipinski definition) is 6. The molecule has 160 valence electrons. The highest BCUT2D eigenvalue weighted by Crippen LogP contribution is 2.35. The molecule has 0 radical (unpaired) electrons. The smallest absolute Gasteiger partial charge is 0.253 e. The van der Waals surface area contributed by atoms with Crippen LogP contribution in [0, 0.1) is 0 Å². The van der Waals surface area contributed by atoms with Crippen molar-refractivity contribution >= 4 is 39.2 Å². The Labute approximate surface area is 181 Å². The predicted octanol–water partition coefficient (Wildman–Crippen LogP) is 5.01. The van der Waals surface area contributed by atoms with Gasteiger partial charge in [-0.3, -0.25) is 4.79 Å². The normalized spacial score (nSPS) is 18.0. The van der Waals surface area contributed by atoms with Crippen molar-refractivity contribution in [2.24, 2.45) is 0 Å². The molecule has 7 heteroatoms. The maximum atomic E-state index is 12.2. The van der Waals surface area contributed by atoms with Crippen molar-refractivity contribution in [1.29, 1.82) is 0 Å². The average molecular weight is 429 g/mol. The van der Waals surface area contributed by atoms with Crippen molar-refractivity contribution in [2.45, 2.75) is 32.3 Å². The minimum atomic E-state index is -0.532. The van der Waals surface area contributed by atoms with Crippen molar-refractivity contribution in [3.8, 4) is 5.75 Å². The van der Waals surface area contributed by atoms with Gasteiger partial charge in [-0.05, 0) is 49.8 Å². The number of rotatable bonds is 8. The van der Waals surface area contributed by atoms with E-state index in [-0.39, 0.29) is 5.91 Å². The topological polar surface area (TPSA) is 69.7 Å². The van der Waals surface area contributed by atoms with E-state index in [4.69, 9.17) is 19.2 Å². The highest BCUT2D eigenvalue weighted by Gasteiger charge is 2.15. The lowest BCUT2D eigenvalue weighted by atomic mass is 10.1. The molecule has 1 unspecified atom stereocenters. The molecule has 1 N–H and O–H groups in total. The Hall–Kier alpha value is -2.35. The molecule has 3 rings (SSSR count). The fourth-order valence-corrected chi connectivity index (χ4v) is 3.79. The summed E-state index contributed by atoms with van der Waals surface area (Å²) in [6.45, 7) is 2.62. The highest BCUT2D eigenvalue weighted by atomic mass is 32.2. The van der Waals surface area contributed by atoms with Gasteiger partial charge in [0.05, 0.1) is 17.8 Å². The summed E-state index contributed by atoms with van der Waals surface area (Å²) in [6.07, 6.45) is 7.16. The number of anilines is 1. The third-order valence-corrected chi connectivity index (χ3v) is 5.71. The highest BCUT2D eigenvalue weighted by molar-refractivity contribution is 8.10. The number of amides is 1. The fourth-order valence-electron chi connectivity index (χ4n) is 2.98. The van der Waals surface area contributed by atoms with Crippen molar-refractivity contribution in [1.82, 2.24) is 4.98 Å². The minimum Gasteiger partial charge on any atom is -0.490 e. The molecule has 1 aliphatic rings. The van der Waals surface area contributed by atoms with Crippen LogP contribution in [0.15, 0.2) is 41.8 Å². The van der Waals surface area contributed by atoms with Crippen LogP contribution in [-0.2, 0) is 14.3 Å². The Kier molecular flexibility index (Phi) is 8.30. The van der Waals surface area contributed by atoms with Gasteiger partial charge in [-0.15, -0.1) is 0 Å². The molecule has 0 bridgehead atoms. The third kappa shape index (κ3) is 5.84. The van der Waals surface area contributed by atoms with Crippen LogP contribution in [0.25, 0.3) is 15.8 Å². The van der Waals surface area contributed by atoms with E-state index in [1.54, 1.807) is 25.8 Å². The molecule has 2 aromatic rings. The monoisotopic (exact) mass is 428 g/mol. The lowest BCUT2D eigenvalue weighted by Crippen LogP contribution is -2.26. The van der Waals surface area contributed by atoms with E-state index in [2.05, 4.69) is 22.9 Å². The first-order chi connectivity index (χ1) is 14.6. The van der Waals surface area contributed by atoms with Gasteiger partial charge in [0.25, 0.3) is 5.91 Å². The van der Waals surface area contributed by atoms with Crippen LogP contribution in [0.2, 0.25) is 0 Å². The van der Waals surface area contributed by atoms with E-state index in [1.165, 1.54) is 7.11 Å². The summed E-state index contributed by atoms with van der Waals surface area (Å²) in [5, 5.41) is 5.84. The number of nitrogens with zero attached hydrogens (tertiary/aromatic N) is 1. The lowest BCUT2D eigenvalue weighted by molar-refractivity contribution is -0.124. The van der Waals surface area contributed by atoms with Gasteiger partial charge in [0.15, 0.2) is 0 Å². The number of pyridine rings is 1. The van der Waals surface area contributed by atoms with Crippen molar-refractivity contribution in [3.05, 3.63) is 47.5 Å². The van der Waals surface area contributed by atoms with E-state index < -0.39 is 6.10 Å². The van der Waals surface area contributed by atoms with Gasteiger partial charge >= 0.3 is 0 Å². The van der Waals surface area contributed by atoms with Crippen LogP contribution in [-0.4, -0.2) is 44.4 Å². The van der Waals surface area contributed by atoms with E-state index >= 15 is 0 Å². The summed E-state index contributed by atoms with van der Waals surface area (Å²) in [5.41, 5.74) is 2.37. The molecular weight excluding hydrogens is 400 g/mol. The number of nitrogens with one attached hydrogen (secondary N) is 1. The number of thioether (sulfide) groups is 1.